The molecule has 2 amide bonds. The first kappa shape index (κ1) is 13.3. The molecule has 5 heteroatoms. The van der Waals surface area contributed by atoms with Gasteiger partial charge in [0.2, 0.25) is 11.8 Å². The standard InChI is InChI=1S/C13H23N3O2/c1-9(14)13(18)15-6-5-11(7-15)8-16(10(2)17)12-3-4-12/h9,11-12H,3-8,14H2,1-2H3/t9-,11-/m0/s1. The summed E-state index contributed by atoms with van der Waals surface area (Å²) in [6.07, 6.45) is 3.25. The first-order valence-corrected chi connectivity index (χ1v) is 6.80. The van der Waals surface area contributed by atoms with E-state index in [4.69, 9.17) is 5.73 Å². The van der Waals surface area contributed by atoms with E-state index in [2.05, 4.69) is 0 Å². The Morgan fingerprint density at radius 3 is 2.56 bits per heavy atom. The lowest BCUT2D eigenvalue weighted by Crippen LogP contribution is -2.42. The molecule has 0 aromatic carbocycles. The van der Waals surface area contributed by atoms with Gasteiger partial charge in [-0.2, -0.15) is 0 Å². The van der Waals surface area contributed by atoms with Crippen LogP contribution < -0.4 is 5.73 Å². The van der Waals surface area contributed by atoms with Crippen LogP contribution in [0.25, 0.3) is 0 Å². The van der Waals surface area contributed by atoms with Crippen LogP contribution in [0.4, 0.5) is 0 Å². The molecule has 2 atom stereocenters. The first-order chi connectivity index (χ1) is 8.49. The van der Waals surface area contributed by atoms with Crippen LogP contribution in [0.3, 0.4) is 0 Å². The topological polar surface area (TPSA) is 66.6 Å². The fourth-order valence-electron chi connectivity index (χ4n) is 2.67. The van der Waals surface area contributed by atoms with Crippen molar-refractivity contribution in [3.63, 3.8) is 0 Å². The third-order valence-corrected chi connectivity index (χ3v) is 3.83. The lowest BCUT2D eigenvalue weighted by molar-refractivity contribution is -0.131. The Morgan fingerprint density at radius 2 is 2.06 bits per heavy atom. The van der Waals surface area contributed by atoms with Gasteiger partial charge in [-0.1, -0.05) is 0 Å². The van der Waals surface area contributed by atoms with Gasteiger partial charge in [0.15, 0.2) is 0 Å². The smallest absolute Gasteiger partial charge is 0.239 e. The summed E-state index contributed by atoms with van der Waals surface area (Å²) >= 11 is 0. The molecule has 0 spiro atoms. The fraction of sp³-hybridized carbons (Fsp3) is 0.846. The summed E-state index contributed by atoms with van der Waals surface area (Å²) in [5.74, 6) is 0.602. The number of nitrogens with zero attached hydrogens (tertiary/aromatic N) is 2. The maximum atomic E-state index is 11.8. The van der Waals surface area contributed by atoms with E-state index in [9.17, 15) is 9.59 Å². The normalized spacial score (nSPS) is 25.1. The summed E-state index contributed by atoms with van der Waals surface area (Å²) in [6, 6.07) is 0.0387. The quantitative estimate of drug-likeness (QED) is 0.778. The molecule has 2 rings (SSSR count). The highest BCUT2D eigenvalue weighted by Gasteiger charge is 2.35. The molecule has 2 aliphatic rings. The third kappa shape index (κ3) is 3.02. The zero-order valence-electron chi connectivity index (χ0n) is 11.3. The van der Waals surface area contributed by atoms with Crippen LogP contribution >= 0.6 is 0 Å². The number of likely N-dealkylation sites (tertiary alicyclic amines) is 1. The van der Waals surface area contributed by atoms with Gasteiger partial charge in [0.25, 0.3) is 0 Å². The monoisotopic (exact) mass is 253 g/mol. The van der Waals surface area contributed by atoms with E-state index in [-0.39, 0.29) is 11.8 Å². The highest BCUT2D eigenvalue weighted by atomic mass is 16.2. The van der Waals surface area contributed by atoms with Crippen LogP contribution in [0.5, 0.6) is 0 Å². The summed E-state index contributed by atoms with van der Waals surface area (Å²) in [6.45, 7) is 5.68. The molecular formula is C13H23N3O2. The first-order valence-electron chi connectivity index (χ1n) is 6.80. The van der Waals surface area contributed by atoms with Crippen molar-refractivity contribution in [3.8, 4) is 0 Å². The predicted octanol–water partition coefficient (Wildman–Crippen LogP) is 0.193. The van der Waals surface area contributed by atoms with Crippen LogP contribution in [0.2, 0.25) is 0 Å². The van der Waals surface area contributed by atoms with Crippen LogP contribution in [-0.2, 0) is 9.59 Å². The van der Waals surface area contributed by atoms with E-state index >= 15 is 0 Å². The lowest BCUT2D eigenvalue weighted by Gasteiger charge is -2.25. The molecular weight excluding hydrogens is 230 g/mol. The molecule has 102 valence electrons. The molecule has 1 saturated carbocycles. The summed E-state index contributed by atoms with van der Waals surface area (Å²) in [4.78, 5) is 27.1. The number of amides is 2. The largest absolute Gasteiger partial charge is 0.341 e. The molecule has 0 unspecified atom stereocenters. The molecule has 2 N–H and O–H groups in total. The van der Waals surface area contributed by atoms with Crippen molar-refractivity contribution in [2.45, 2.75) is 45.2 Å². The second-order valence-electron chi connectivity index (χ2n) is 5.63. The van der Waals surface area contributed by atoms with Gasteiger partial charge >= 0.3 is 0 Å². The molecule has 2 fully saturated rings. The molecule has 0 radical (unpaired) electrons. The summed E-state index contributed by atoms with van der Waals surface area (Å²) in [7, 11) is 0. The average molecular weight is 253 g/mol. The number of hydrogen-bond acceptors (Lipinski definition) is 3. The minimum Gasteiger partial charge on any atom is -0.341 e. The Labute approximate surface area is 108 Å². The molecule has 0 aromatic rings. The molecule has 1 heterocycles. The zero-order valence-corrected chi connectivity index (χ0v) is 11.3. The minimum atomic E-state index is -0.420. The number of carbonyl (C=O) groups excluding carboxylic acids is 2. The Bertz CT molecular complexity index is 339. The van der Waals surface area contributed by atoms with Crippen molar-refractivity contribution in [2.75, 3.05) is 19.6 Å². The number of hydrogen-bond donors (Lipinski definition) is 1. The van der Waals surface area contributed by atoms with Gasteiger partial charge in [-0.3, -0.25) is 9.59 Å². The maximum Gasteiger partial charge on any atom is 0.239 e. The van der Waals surface area contributed by atoms with Gasteiger partial charge in [-0.05, 0) is 32.1 Å². The molecule has 1 saturated heterocycles. The van der Waals surface area contributed by atoms with Gasteiger partial charge in [-0.15, -0.1) is 0 Å². The summed E-state index contributed by atoms with van der Waals surface area (Å²) in [5, 5.41) is 0. The van der Waals surface area contributed by atoms with Crippen molar-refractivity contribution in [1.82, 2.24) is 9.80 Å². The average Bonchev–Trinajstić information content (AvgIpc) is 3.03. The van der Waals surface area contributed by atoms with Crippen LogP contribution in [0.1, 0.15) is 33.1 Å². The number of carbonyl (C=O) groups is 2. The second-order valence-corrected chi connectivity index (χ2v) is 5.63. The predicted molar refractivity (Wildman–Crippen MR) is 68.7 cm³/mol. The van der Waals surface area contributed by atoms with Crippen LogP contribution in [0.15, 0.2) is 0 Å². The molecule has 0 aromatic heterocycles. The van der Waals surface area contributed by atoms with Gasteiger partial charge in [0.05, 0.1) is 6.04 Å². The van der Waals surface area contributed by atoms with Crippen molar-refractivity contribution in [1.29, 1.82) is 0 Å². The highest BCUT2D eigenvalue weighted by Crippen LogP contribution is 2.29. The third-order valence-electron chi connectivity index (χ3n) is 3.83. The Balaban J connectivity index is 1.85. The second kappa shape index (κ2) is 5.26. The Kier molecular flexibility index (Phi) is 3.90. The van der Waals surface area contributed by atoms with E-state index in [0.29, 0.717) is 12.0 Å². The van der Waals surface area contributed by atoms with Crippen molar-refractivity contribution >= 4 is 11.8 Å². The Hall–Kier alpha value is -1.10. The molecule has 1 aliphatic heterocycles. The number of rotatable bonds is 4. The highest BCUT2D eigenvalue weighted by molar-refractivity contribution is 5.81. The molecule has 0 bridgehead atoms. The zero-order chi connectivity index (χ0) is 13.3. The van der Waals surface area contributed by atoms with Gasteiger partial charge in [-0.25, -0.2) is 0 Å². The lowest BCUT2D eigenvalue weighted by atomic mass is 10.1. The van der Waals surface area contributed by atoms with Crippen LogP contribution in [0, 0.1) is 5.92 Å². The van der Waals surface area contributed by atoms with Gasteiger partial charge in [0.1, 0.15) is 0 Å². The fourth-order valence-corrected chi connectivity index (χ4v) is 2.67. The van der Waals surface area contributed by atoms with E-state index in [1.54, 1.807) is 13.8 Å². The summed E-state index contributed by atoms with van der Waals surface area (Å²) < 4.78 is 0. The van der Waals surface area contributed by atoms with Crippen molar-refractivity contribution in [3.05, 3.63) is 0 Å². The molecule has 1 aliphatic carbocycles. The van der Waals surface area contributed by atoms with Gasteiger partial charge < -0.3 is 15.5 Å². The summed E-state index contributed by atoms with van der Waals surface area (Å²) in [5.41, 5.74) is 5.61. The van der Waals surface area contributed by atoms with E-state index in [1.165, 1.54) is 0 Å². The van der Waals surface area contributed by atoms with Crippen molar-refractivity contribution in [2.24, 2.45) is 11.7 Å². The van der Waals surface area contributed by atoms with Gasteiger partial charge in [0, 0.05) is 32.6 Å². The Morgan fingerprint density at radius 1 is 1.39 bits per heavy atom. The SMILES string of the molecule is CC(=O)N(C[C@H]1CCN(C(=O)[C@H](C)N)C1)C1CC1. The molecule has 5 nitrogen and oxygen atoms in total. The van der Waals surface area contributed by atoms with E-state index < -0.39 is 6.04 Å². The number of nitrogens with two attached hydrogens (primary N) is 1. The van der Waals surface area contributed by atoms with E-state index in [1.807, 2.05) is 9.80 Å². The maximum absolute atomic E-state index is 11.8. The minimum absolute atomic E-state index is 0.0262. The van der Waals surface area contributed by atoms with Crippen LogP contribution in [-0.4, -0.2) is 53.3 Å². The van der Waals surface area contributed by atoms with E-state index in [0.717, 1.165) is 38.9 Å². The molecule has 18 heavy (non-hydrogen) atoms. The van der Waals surface area contributed by atoms with Crippen molar-refractivity contribution < 1.29 is 9.59 Å².